The van der Waals surface area contributed by atoms with Crippen molar-refractivity contribution in [1.82, 2.24) is 4.57 Å². The highest BCUT2D eigenvalue weighted by Gasteiger charge is 2.23. The molecule has 0 fully saturated rings. The quantitative estimate of drug-likeness (QED) is 0.153. The summed E-state index contributed by atoms with van der Waals surface area (Å²) in [5.74, 6) is 0. The van der Waals surface area contributed by atoms with Crippen LogP contribution in [0, 0.1) is 0 Å². The van der Waals surface area contributed by atoms with Gasteiger partial charge in [0.25, 0.3) is 0 Å². The van der Waals surface area contributed by atoms with Crippen molar-refractivity contribution in [2.75, 3.05) is 4.90 Å². The zero-order valence-electron chi connectivity index (χ0n) is 34.7. The number of aromatic nitrogens is 1. The summed E-state index contributed by atoms with van der Waals surface area (Å²) in [4.78, 5) is 2.42. The third kappa shape index (κ3) is 6.28. The SMILES string of the molecule is C1=CC(c2cccc3c2oc2ccccc23)=C(c2ccc(N(c3ccc(-c4ccccc4)cc3)c3ccccc3-c3ccccc3-n3c4ccccc4c4ccccc43)cc2)CC1. The molecule has 0 saturated carbocycles. The van der Waals surface area contributed by atoms with Crippen LogP contribution in [0.2, 0.25) is 0 Å². The summed E-state index contributed by atoms with van der Waals surface area (Å²) in [5.41, 5.74) is 18.2. The lowest BCUT2D eigenvalue weighted by Crippen LogP contribution is -2.12. The van der Waals surface area contributed by atoms with Crippen molar-refractivity contribution >= 4 is 72.0 Å². The molecular formula is C60H42N2O. The number of fused-ring (bicyclic) bond motifs is 6. The number of nitrogens with zero attached hydrogens (tertiary/aromatic N) is 2. The monoisotopic (exact) mass is 806 g/mol. The Kier molecular flexibility index (Phi) is 8.97. The molecule has 0 unspecified atom stereocenters. The highest BCUT2D eigenvalue weighted by Crippen LogP contribution is 2.46. The van der Waals surface area contributed by atoms with E-state index in [1.807, 2.05) is 6.07 Å². The molecule has 1 aliphatic carbocycles. The van der Waals surface area contributed by atoms with Crippen LogP contribution in [-0.2, 0) is 0 Å². The largest absolute Gasteiger partial charge is 0.455 e. The predicted octanol–water partition coefficient (Wildman–Crippen LogP) is 16.7. The van der Waals surface area contributed by atoms with E-state index in [2.05, 4.69) is 234 Å². The maximum absolute atomic E-state index is 6.55. The first-order valence-electron chi connectivity index (χ1n) is 21.8. The molecule has 9 aromatic carbocycles. The maximum atomic E-state index is 6.55. The van der Waals surface area contributed by atoms with E-state index in [0.29, 0.717) is 0 Å². The first-order valence-corrected chi connectivity index (χ1v) is 21.8. The molecule has 2 aromatic heterocycles. The van der Waals surface area contributed by atoms with Crippen LogP contribution in [0.1, 0.15) is 24.0 Å². The number of rotatable bonds is 8. The average molecular weight is 807 g/mol. The average Bonchev–Trinajstić information content (AvgIpc) is 3.91. The van der Waals surface area contributed by atoms with Gasteiger partial charge in [-0.3, -0.25) is 0 Å². The molecule has 3 nitrogen and oxygen atoms in total. The molecule has 0 saturated heterocycles. The van der Waals surface area contributed by atoms with Crippen LogP contribution in [0.25, 0.3) is 82.8 Å². The lowest BCUT2D eigenvalue weighted by atomic mass is 9.87. The van der Waals surface area contributed by atoms with Gasteiger partial charge in [-0.1, -0.05) is 176 Å². The fourth-order valence-corrected chi connectivity index (χ4v) is 9.82. The Labute approximate surface area is 366 Å². The van der Waals surface area contributed by atoms with Gasteiger partial charge in [-0.2, -0.15) is 0 Å². The second-order valence-electron chi connectivity index (χ2n) is 16.3. The van der Waals surface area contributed by atoms with Crippen LogP contribution in [-0.4, -0.2) is 4.57 Å². The number of allylic oxidation sites excluding steroid dienone is 4. The van der Waals surface area contributed by atoms with Gasteiger partial charge in [0.2, 0.25) is 0 Å². The summed E-state index contributed by atoms with van der Waals surface area (Å²) in [6.45, 7) is 0. The molecule has 0 bridgehead atoms. The highest BCUT2D eigenvalue weighted by molar-refractivity contribution is 6.12. The van der Waals surface area contributed by atoms with E-state index in [9.17, 15) is 0 Å². The Bertz CT molecular complexity index is 3500. The lowest BCUT2D eigenvalue weighted by Gasteiger charge is -2.29. The number of benzene rings is 9. The Morgan fingerprint density at radius 3 is 1.71 bits per heavy atom. The molecule has 1 aliphatic rings. The van der Waals surface area contributed by atoms with Crippen molar-refractivity contribution in [3.05, 3.63) is 242 Å². The van der Waals surface area contributed by atoms with Gasteiger partial charge in [0, 0.05) is 49.6 Å². The minimum Gasteiger partial charge on any atom is -0.455 e. The van der Waals surface area contributed by atoms with Crippen molar-refractivity contribution in [2.45, 2.75) is 12.8 Å². The maximum Gasteiger partial charge on any atom is 0.143 e. The third-order valence-electron chi connectivity index (χ3n) is 12.7. The Morgan fingerprint density at radius 1 is 0.413 bits per heavy atom. The minimum atomic E-state index is 0.918. The fourth-order valence-electron chi connectivity index (χ4n) is 9.82. The van der Waals surface area contributed by atoms with Crippen LogP contribution in [0.4, 0.5) is 17.1 Å². The van der Waals surface area contributed by atoms with Crippen LogP contribution < -0.4 is 4.90 Å². The second-order valence-corrected chi connectivity index (χ2v) is 16.3. The van der Waals surface area contributed by atoms with E-state index < -0.39 is 0 Å². The van der Waals surface area contributed by atoms with Gasteiger partial charge in [-0.05, 0) is 95.3 Å². The summed E-state index contributed by atoms with van der Waals surface area (Å²) in [6.07, 6.45) is 6.54. The normalized spacial score (nSPS) is 12.8. The molecule has 0 spiro atoms. The van der Waals surface area contributed by atoms with E-state index >= 15 is 0 Å². The number of anilines is 3. The number of furan rings is 1. The zero-order valence-corrected chi connectivity index (χ0v) is 34.7. The molecule has 3 heteroatoms. The molecule has 0 amide bonds. The van der Waals surface area contributed by atoms with E-state index in [0.717, 1.165) is 74.2 Å². The van der Waals surface area contributed by atoms with Gasteiger partial charge in [0.15, 0.2) is 0 Å². The molecule has 63 heavy (non-hydrogen) atoms. The smallest absolute Gasteiger partial charge is 0.143 e. The summed E-state index contributed by atoms with van der Waals surface area (Å²) >= 11 is 0. The predicted molar refractivity (Wildman–Crippen MR) is 265 cm³/mol. The van der Waals surface area contributed by atoms with Gasteiger partial charge in [0.1, 0.15) is 11.2 Å². The Balaban J connectivity index is 1.02. The summed E-state index contributed by atoms with van der Waals surface area (Å²) < 4.78 is 8.98. The van der Waals surface area contributed by atoms with Crippen molar-refractivity contribution in [1.29, 1.82) is 0 Å². The van der Waals surface area contributed by atoms with E-state index in [1.54, 1.807) is 0 Å². The number of para-hydroxylation sites is 6. The van der Waals surface area contributed by atoms with Crippen molar-refractivity contribution in [3.8, 4) is 27.9 Å². The highest BCUT2D eigenvalue weighted by atomic mass is 16.3. The van der Waals surface area contributed by atoms with E-state index in [4.69, 9.17) is 4.42 Å². The first-order chi connectivity index (χ1) is 31.3. The molecule has 0 radical (unpaired) electrons. The summed E-state index contributed by atoms with van der Waals surface area (Å²) in [5, 5.41) is 4.79. The van der Waals surface area contributed by atoms with Crippen molar-refractivity contribution < 1.29 is 4.42 Å². The molecule has 12 rings (SSSR count). The summed E-state index contributed by atoms with van der Waals surface area (Å²) in [6, 6.07) is 78.9. The van der Waals surface area contributed by atoms with Gasteiger partial charge in [0.05, 0.1) is 22.4 Å². The third-order valence-corrected chi connectivity index (χ3v) is 12.7. The Hall–Kier alpha value is -8.14. The minimum absolute atomic E-state index is 0.918. The van der Waals surface area contributed by atoms with Gasteiger partial charge in [-0.25, -0.2) is 0 Å². The van der Waals surface area contributed by atoms with Crippen molar-refractivity contribution in [2.24, 2.45) is 0 Å². The van der Waals surface area contributed by atoms with E-state index in [-0.39, 0.29) is 0 Å². The van der Waals surface area contributed by atoms with Crippen LogP contribution in [0.3, 0.4) is 0 Å². The fraction of sp³-hybridized carbons (Fsp3) is 0.0333. The molecule has 298 valence electrons. The second kappa shape index (κ2) is 15.4. The van der Waals surface area contributed by atoms with Crippen LogP contribution >= 0.6 is 0 Å². The molecule has 0 aliphatic heterocycles. The molecule has 0 N–H and O–H groups in total. The standard InChI is InChI=1S/C60H42N2O/c1-2-17-41(18-3-1)42-33-37-44(38-34-42)61(45-39-35-43(36-40-45)46-19-4-5-20-47(46)53-26-16-27-54-52-25-10-15-32-59(52)63-60(53)54)55-28-11-6-21-48(55)49-22-7-12-29-56(49)62-57-30-13-8-23-50(57)51-24-9-14-31-58(51)62/h1-3,5-18,20-40H,4,19H2. The van der Waals surface area contributed by atoms with Gasteiger partial charge in [-0.15, -0.1) is 0 Å². The lowest BCUT2D eigenvalue weighted by molar-refractivity contribution is 0.668. The molecular weight excluding hydrogens is 765 g/mol. The summed E-state index contributed by atoms with van der Waals surface area (Å²) in [7, 11) is 0. The number of hydrogen-bond acceptors (Lipinski definition) is 2. The number of hydrogen-bond donors (Lipinski definition) is 0. The topological polar surface area (TPSA) is 21.3 Å². The first kappa shape index (κ1) is 36.7. The van der Waals surface area contributed by atoms with Crippen LogP contribution in [0.15, 0.2) is 235 Å². The molecule has 2 heterocycles. The Morgan fingerprint density at radius 2 is 0.968 bits per heavy atom. The van der Waals surface area contributed by atoms with Gasteiger partial charge >= 0.3 is 0 Å². The zero-order chi connectivity index (χ0) is 41.7. The molecule has 11 aromatic rings. The van der Waals surface area contributed by atoms with Crippen LogP contribution in [0.5, 0.6) is 0 Å². The van der Waals surface area contributed by atoms with Gasteiger partial charge < -0.3 is 13.9 Å². The molecule has 0 atom stereocenters. The van der Waals surface area contributed by atoms with E-state index in [1.165, 1.54) is 49.6 Å². The van der Waals surface area contributed by atoms with Crippen molar-refractivity contribution in [3.63, 3.8) is 0 Å².